The maximum Gasteiger partial charge on any atom is 0.264 e. The predicted octanol–water partition coefficient (Wildman–Crippen LogP) is 6.73. The Morgan fingerprint density at radius 1 is 0.927 bits per heavy atom. The van der Waals surface area contributed by atoms with Gasteiger partial charge in [0, 0.05) is 18.1 Å². The third-order valence-electron chi connectivity index (χ3n) is 6.39. The number of nitrogens with zero attached hydrogens (tertiary/aromatic N) is 2. The summed E-state index contributed by atoms with van der Waals surface area (Å²) in [6.07, 6.45) is 0.304. The average Bonchev–Trinajstić information content (AvgIpc) is 2.92. The number of rotatable bonds is 12. The van der Waals surface area contributed by atoms with Gasteiger partial charge in [-0.05, 0) is 67.3 Å². The number of hydrogen-bond acceptors (Lipinski definition) is 4. The molecule has 3 aromatic rings. The average molecular weight is 639 g/mol. The maximum absolute atomic E-state index is 14.1. The minimum absolute atomic E-state index is 0.0112. The van der Waals surface area contributed by atoms with E-state index in [0.29, 0.717) is 33.6 Å². The summed E-state index contributed by atoms with van der Waals surface area (Å²) in [5, 5.41) is 3.87. The highest BCUT2D eigenvalue weighted by Crippen LogP contribution is 2.28. The van der Waals surface area contributed by atoms with Crippen LogP contribution in [0.25, 0.3) is 0 Å². The van der Waals surface area contributed by atoms with Crippen molar-refractivity contribution in [3.63, 3.8) is 0 Å². The van der Waals surface area contributed by atoms with E-state index < -0.39 is 28.5 Å². The van der Waals surface area contributed by atoms with Crippen LogP contribution in [0.15, 0.2) is 71.6 Å². The molecule has 0 aliphatic heterocycles. The van der Waals surface area contributed by atoms with Crippen molar-refractivity contribution >= 4 is 62.3 Å². The normalized spacial score (nSPS) is 12.2. The molecule has 11 heteroatoms. The molecule has 0 spiro atoms. The Hall–Kier alpha value is -2.78. The molecule has 1 atom stereocenters. The zero-order valence-corrected chi connectivity index (χ0v) is 26.5. The van der Waals surface area contributed by atoms with Crippen molar-refractivity contribution < 1.29 is 18.0 Å². The van der Waals surface area contributed by atoms with Gasteiger partial charge in [-0.2, -0.15) is 0 Å². The van der Waals surface area contributed by atoms with Crippen LogP contribution in [-0.2, 0) is 26.2 Å². The van der Waals surface area contributed by atoms with E-state index in [2.05, 4.69) is 5.32 Å². The van der Waals surface area contributed by atoms with Gasteiger partial charge in [0.15, 0.2) is 0 Å². The minimum atomic E-state index is -4.19. The molecule has 1 unspecified atom stereocenters. The van der Waals surface area contributed by atoms with E-state index in [-0.39, 0.29) is 29.0 Å². The predicted molar refractivity (Wildman–Crippen MR) is 166 cm³/mol. The Kier molecular flexibility index (Phi) is 11.5. The number of amides is 2. The first-order chi connectivity index (χ1) is 19.3. The van der Waals surface area contributed by atoms with E-state index in [1.54, 1.807) is 55.5 Å². The lowest BCUT2D eigenvalue weighted by Crippen LogP contribution is -2.52. The molecule has 0 aliphatic carbocycles. The molecule has 0 bridgehead atoms. The van der Waals surface area contributed by atoms with Gasteiger partial charge in [0.25, 0.3) is 10.0 Å². The van der Waals surface area contributed by atoms with Crippen LogP contribution >= 0.6 is 34.8 Å². The molecule has 0 aliphatic rings. The fourth-order valence-electron chi connectivity index (χ4n) is 4.17. The lowest BCUT2D eigenvalue weighted by atomic mass is 10.1. The van der Waals surface area contributed by atoms with Crippen LogP contribution in [-0.4, -0.2) is 44.3 Å². The number of carbonyl (C=O) groups excluding carboxylic acids is 2. The summed E-state index contributed by atoms with van der Waals surface area (Å²) >= 11 is 18.6. The van der Waals surface area contributed by atoms with Gasteiger partial charge in [-0.3, -0.25) is 13.9 Å². The van der Waals surface area contributed by atoms with Crippen LogP contribution < -0.4 is 9.62 Å². The molecular formula is C30H34Cl3N3O4S. The van der Waals surface area contributed by atoms with Gasteiger partial charge in [0.2, 0.25) is 11.8 Å². The maximum atomic E-state index is 14.1. The summed E-state index contributed by atoms with van der Waals surface area (Å²) in [5.41, 5.74) is 1.75. The Bertz CT molecular complexity index is 1480. The number of hydrogen-bond donors (Lipinski definition) is 1. The molecule has 3 aromatic carbocycles. The molecule has 0 aromatic heterocycles. The first kappa shape index (κ1) is 32.7. The molecular weight excluding hydrogens is 605 g/mol. The van der Waals surface area contributed by atoms with Crippen LogP contribution in [0, 0.1) is 12.8 Å². The fraction of sp³-hybridized carbons (Fsp3) is 0.333. The SMILES string of the molecule is CCC(C(=O)NCC(C)C)N(Cc1ccc(Cl)c(Cl)c1)C(=O)CN(c1cccc(Cl)c1)S(=O)(=O)c1ccc(C)cc1. The van der Waals surface area contributed by atoms with Crippen molar-refractivity contribution in [2.45, 2.75) is 51.6 Å². The van der Waals surface area contributed by atoms with Crippen molar-refractivity contribution in [3.05, 3.63) is 92.9 Å². The van der Waals surface area contributed by atoms with Gasteiger partial charge >= 0.3 is 0 Å². The summed E-state index contributed by atoms with van der Waals surface area (Å²) in [4.78, 5) is 28.8. The minimum Gasteiger partial charge on any atom is -0.354 e. The molecule has 0 saturated heterocycles. The molecule has 7 nitrogen and oxygen atoms in total. The zero-order valence-electron chi connectivity index (χ0n) is 23.4. The molecule has 0 radical (unpaired) electrons. The van der Waals surface area contributed by atoms with E-state index in [1.807, 2.05) is 20.8 Å². The van der Waals surface area contributed by atoms with E-state index in [9.17, 15) is 18.0 Å². The van der Waals surface area contributed by atoms with Crippen LogP contribution in [0.3, 0.4) is 0 Å². The van der Waals surface area contributed by atoms with Crippen LogP contribution in [0.5, 0.6) is 0 Å². The molecule has 1 N–H and O–H groups in total. The molecule has 3 rings (SSSR count). The number of sulfonamides is 1. The molecule has 41 heavy (non-hydrogen) atoms. The zero-order chi connectivity index (χ0) is 30.3. The largest absolute Gasteiger partial charge is 0.354 e. The van der Waals surface area contributed by atoms with Gasteiger partial charge in [0.1, 0.15) is 12.6 Å². The Labute approximate surface area is 257 Å². The second-order valence-electron chi connectivity index (χ2n) is 10.1. The third kappa shape index (κ3) is 8.61. The lowest BCUT2D eigenvalue weighted by molar-refractivity contribution is -0.140. The van der Waals surface area contributed by atoms with E-state index in [4.69, 9.17) is 34.8 Å². The first-order valence-corrected chi connectivity index (χ1v) is 15.8. The van der Waals surface area contributed by atoms with E-state index in [1.165, 1.54) is 23.1 Å². The molecule has 0 saturated carbocycles. The van der Waals surface area contributed by atoms with E-state index in [0.717, 1.165) is 9.87 Å². The fourth-order valence-corrected chi connectivity index (χ4v) is 6.09. The Morgan fingerprint density at radius 3 is 2.20 bits per heavy atom. The van der Waals surface area contributed by atoms with Crippen molar-refractivity contribution in [1.82, 2.24) is 10.2 Å². The monoisotopic (exact) mass is 637 g/mol. The van der Waals surface area contributed by atoms with E-state index >= 15 is 0 Å². The van der Waals surface area contributed by atoms with Crippen molar-refractivity contribution in [2.24, 2.45) is 5.92 Å². The number of benzene rings is 3. The number of anilines is 1. The molecule has 2 amide bonds. The Balaban J connectivity index is 2.06. The highest BCUT2D eigenvalue weighted by molar-refractivity contribution is 7.92. The quantitative estimate of drug-likeness (QED) is 0.238. The highest BCUT2D eigenvalue weighted by Gasteiger charge is 2.33. The lowest BCUT2D eigenvalue weighted by Gasteiger charge is -2.33. The third-order valence-corrected chi connectivity index (χ3v) is 9.15. The van der Waals surface area contributed by atoms with Crippen molar-refractivity contribution in [2.75, 3.05) is 17.4 Å². The molecule has 0 fully saturated rings. The topological polar surface area (TPSA) is 86.8 Å². The summed E-state index contributed by atoms with van der Waals surface area (Å²) in [7, 11) is -4.19. The van der Waals surface area contributed by atoms with Crippen LogP contribution in [0.1, 0.15) is 38.3 Å². The van der Waals surface area contributed by atoms with Gasteiger partial charge in [-0.15, -0.1) is 0 Å². The number of halogens is 3. The van der Waals surface area contributed by atoms with Gasteiger partial charge in [-0.1, -0.05) is 85.4 Å². The molecule has 220 valence electrons. The summed E-state index contributed by atoms with van der Waals surface area (Å²) in [6.45, 7) is 7.47. The number of aryl methyl sites for hydroxylation is 1. The smallest absolute Gasteiger partial charge is 0.264 e. The Morgan fingerprint density at radius 2 is 1.61 bits per heavy atom. The van der Waals surface area contributed by atoms with Crippen LogP contribution in [0.2, 0.25) is 15.1 Å². The summed E-state index contributed by atoms with van der Waals surface area (Å²) in [5.74, 6) is -0.697. The summed E-state index contributed by atoms with van der Waals surface area (Å²) in [6, 6.07) is 16.7. The standard InChI is InChI=1S/C30H34Cl3N3O4S/c1-5-28(30(38)34-17-20(2)3)35(18-22-11-14-26(32)27(33)15-22)29(37)19-36(24-8-6-7-23(31)16-24)41(39,40)25-12-9-21(4)10-13-25/h6-16,20,28H,5,17-19H2,1-4H3,(H,34,38). The number of nitrogens with one attached hydrogen (secondary N) is 1. The van der Waals surface area contributed by atoms with Crippen molar-refractivity contribution in [1.29, 1.82) is 0 Å². The van der Waals surface area contributed by atoms with Crippen molar-refractivity contribution in [3.8, 4) is 0 Å². The highest BCUT2D eigenvalue weighted by atomic mass is 35.5. The first-order valence-electron chi connectivity index (χ1n) is 13.2. The summed E-state index contributed by atoms with van der Waals surface area (Å²) < 4.78 is 28.8. The molecule has 0 heterocycles. The number of carbonyl (C=O) groups is 2. The second-order valence-corrected chi connectivity index (χ2v) is 13.3. The van der Waals surface area contributed by atoms with Gasteiger partial charge in [0.05, 0.1) is 20.6 Å². The van der Waals surface area contributed by atoms with Crippen LogP contribution in [0.4, 0.5) is 5.69 Å². The van der Waals surface area contributed by atoms with Gasteiger partial charge in [-0.25, -0.2) is 8.42 Å². The van der Waals surface area contributed by atoms with Gasteiger partial charge < -0.3 is 10.2 Å². The second kappa shape index (κ2) is 14.4.